The number of aromatic nitrogens is 4. The van der Waals surface area contributed by atoms with Crippen LogP contribution in [0.3, 0.4) is 0 Å². The van der Waals surface area contributed by atoms with E-state index in [1.165, 1.54) is 41.5 Å². The van der Waals surface area contributed by atoms with Gasteiger partial charge in [0.2, 0.25) is 5.95 Å². The molecule has 6 heteroatoms. The quantitative estimate of drug-likeness (QED) is 0.0960. The fraction of sp³-hybridized carbons (Fsp3) is 0.0308. The first-order valence-corrected chi connectivity index (χ1v) is 28.3. The predicted molar refractivity (Wildman–Crippen MR) is 302 cm³/mol. The molecule has 0 saturated heterocycles. The third-order valence-electron chi connectivity index (χ3n) is 14.2. The number of hydrogen-bond donors (Lipinski definition) is 0. The fourth-order valence-corrected chi connectivity index (χ4v) is 20.7. The molecule has 0 radical (unpaired) electrons. The average Bonchev–Trinajstić information content (AvgIpc) is 3.76. The normalized spacial score (nSPS) is 11.8. The number of aryl methyl sites for hydroxylation is 2. The van der Waals surface area contributed by atoms with Gasteiger partial charge in [-0.3, -0.25) is 4.57 Å². The molecule has 0 spiro atoms. The number of hydrogen-bond acceptors (Lipinski definition) is 3. The predicted octanol–water partition coefficient (Wildman–Crippen LogP) is 9.67. The van der Waals surface area contributed by atoms with Gasteiger partial charge < -0.3 is 0 Å². The summed E-state index contributed by atoms with van der Waals surface area (Å²) in [6.07, 6.45) is 0. The van der Waals surface area contributed by atoms with Crippen molar-refractivity contribution >= 4 is 79.4 Å². The molecule has 0 aliphatic rings. The zero-order valence-electron chi connectivity index (χ0n) is 39.7. The first-order chi connectivity index (χ1) is 35.0. The Labute approximate surface area is 417 Å². The fourth-order valence-electron chi connectivity index (χ4n) is 11.1. The Morgan fingerprint density at radius 1 is 0.282 bits per heavy atom. The van der Waals surface area contributed by atoms with Crippen LogP contribution in [-0.4, -0.2) is 35.7 Å². The first-order valence-electron chi connectivity index (χ1n) is 24.3. The maximum Gasteiger partial charge on any atom is 0.238 e. The van der Waals surface area contributed by atoms with Gasteiger partial charge in [-0.2, -0.15) is 9.97 Å². The largest absolute Gasteiger partial charge is 0.278 e. The SMILES string of the molecule is Cc1cccc(-c2nc(-c3cccc(C)c3)nc(-n3c4ccc([Si](c5ccccc5)(c5ccccc5)c5ccccc5)cc4c4cc([Si](c5ccccc5)(c5ccccc5)c5ccccc5)ccc43)n2)c1. The van der Waals surface area contributed by atoms with Crippen LogP contribution in [0.2, 0.25) is 0 Å². The smallest absolute Gasteiger partial charge is 0.238 e. The molecular formula is C65H50N4Si2. The Morgan fingerprint density at radius 3 is 0.887 bits per heavy atom. The summed E-state index contributed by atoms with van der Waals surface area (Å²) in [5.41, 5.74) is 6.23. The van der Waals surface area contributed by atoms with E-state index in [1.807, 2.05) is 0 Å². The van der Waals surface area contributed by atoms with Crippen LogP contribution in [0.25, 0.3) is 50.5 Å². The van der Waals surface area contributed by atoms with E-state index in [0.29, 0.717) is 17.6 Å². The summed E-state index contributed by atoms with van der Waals surface area (Å²) in [4.78, 5) is 16.0. The summed E-state index contributed by atoms with van der Waals surface area (Å²) in [7, 11) is -5.88. The van der Waals surface area contributed by atoms with Gasteiger partial charge in [0.05, 0.1) is 11.0 Å². The number of rotatable bonds is 11. The molecule has 338 valence electrons. The van der Waals surface area contributed by atoms with E-state index in [1.54, 1.807) is 0 Å². The molecular weight excluding hydrogens is 893 g/mol. The van der Waals surface area contributed by atoms with Crippen LogP contribution < -0.4 is 41.5 Å². The monoisotopic (exact) mass is 942 g/mol. The van der Waals surface area contributed by atoms with Gasteiger partial charge in [0, 0.05) is 21.9 Å². The van der Waals surface area contributed by atoms with Crippen molar-refractivity contribution in [2.75, 3.05) is 0 Å². The molecule has 10 aromatic carbocycles. The first kappa shape index (κ1) is 43.7. The van der Waals surface area contributed by atoms with Crippen molar-refractivity contribution in [1.82, 2.24) is 19.5 Å². The summed E-state index contributed by atoms with van der Waals surface area (Å²) in [6, 6.07) is 98.5. The Morgan fingerprint density at radius 2 is 0.592 bits per heavy atom. The van der Waals surface area contributed by atoms with E-state index in [9.17, 15) is 0 Å². The van der Waals surface area contributed by atoms with Crippen LogP contribution in [0.5, 0.6) is 0 Å². The second-order valence-corrected chi connectivity index (χ2v) is 26.1. The molecule has 0 saturated carbocycles. The minimum Gasteiger partial charge on any atom is -0.278 e. The Bertz CT molecular complexity index is 3390. The topological polar surface area (TPSA) is 43.6 Å². The van der Waals surface area contributed by atoms with E-state index in [-0.39, 0.29) is 0 Å². The third kappa shape index (κ3) is 7.56. The Hall–Kier alpha value is -8.56. The zero-order chi connectivity index (χ0) is 47.8. The lowest BCUT2D eigenvalue weighted by atomic mass is 10.1. The summed E-state index contributed by atoms with van der Waals surface area (Å²) < 4.78 is 2.28. The molecule has 12 rings (SSSR count). The number of benzene rings is 10. The minimum atomic E-state index is -2.94. The van der Waals surface area contributed by atoms with Crippen LogP contribution in [0.15, 0.2) is 267 Å². The Kier molecular flexibility index (Phi) is 11.3. The highest BCUT2D eigenvalue weighted by Crippen LogP contribution is 2.33. The van der Waals surface area contributed by atoms with Crippen LogP contribution >= 0.6 is 0 Å². The van der Waals surface area contributed by atoms with Gasteiger partial charge in [0.1, 0.15) is 0 Å². The molecule has 2 aromatic heterocycles. The molecule has 0 amide bonds. The van der Waals surface area contributed by atoms with Crippen molar-refractivity contribution in [3.8, 4) is 28.7 Å². The highest BCUT2D eigenvalue weighted by atomic mass is 28.3. The third-order valence-corrected chi connectivity index (χ3v) is 23.8. The van der Waals surface area contributed by atoms with E-state index in [4.69, 9.17) is 15.0 Å². The van der Waals surface area contributed by atoms with Gasteiger partial charge in [-0.15, -0.1) is 0 Å². The van der Waals surface area contributed by atoms with Gasteiger partial charge in [0.15, 0.2) is 27.8 Å². The number of nitrogens with zero attached hydrogens (tertiary/aromatic N) is 4. The molecule has 12 aromatic rings. The van der Waals surface area contributed by atoms with Crippen molar-refractivity contribution in [1.29, 1.82) is 0 Å². The Balaban J connectivity index is 1.22. The molecule has 0 atom stereocenters. The summed E-state index contributed by atoms with van der Waals surface area (Å²) in [5, 5.41) is 12.8. The standard InChI is InChI=1S/C65H50N4Si2/c1-47-23-21-25-49(43-47)63-66-64(50-26-22-24-48(2)44-50)68-65(67-63)69-61-41-39-57(70(51-27-9-3-10-28-51,52-29-11-4-12-30-52)53-31-13-5-14-32-53)45-59(61)60-46-58(40-42-62(60)69)71(54-33-15-6-16-34-54,55-35-17-7-18-36-55)56-37-19-8-20-38-56/h3-46H,1-2H3. The van der Waals surface area contributed by atoms with Crippen LogP contribution in [0.4, 0.5) is 0 Å². The van der Waals surface area contributed by atoms with E-state index in [0.717, 1.165) is 44.1 Å². The van der Waals surface area contributed by atoms with Crippen molar-refractivity contribution < 1.29 is 0 Å². The van der Waals surface area contributed by atoms with Gasteiger partial charge in [-0.25, -0.2) is 4.98 Å². The average molecular weight is 943 g/mol. The van der Waals surface area contributed by atoms with Crippen molar-refractivity contribution in [2.24, 2.45) is 0 Å². The van der Waals surface area contributed by atoms with E-state index >= 15 is 0 Å². The molecule has 0 aliphatic carbocycles. The van der Waals surface area contributed by atoms with Gasteiger partial charge >= 0.3 is 0 Å². The maximum atomic E-state index is 5.42. The van der Waals surface area contributed by atoms with Crippen molar-refractivity contribution in [3.05, 3.63) is 278 Å². The molecule has 0 aliphatic heterocycles. The lowest BCUT2D eigenvalue weighted by Crippen LogP contribution is -2.74. The maximum absolute atomic E-state index is 5.42. The summed E-state index contributed by atoms with van der Waals surface area (Å²) in [6.45, 7) is 4.23. The van der Waals surface area contributed by atoms with Gasteiger partial charge in [0.25, 0.3) is 0 Å². The molecule has 0 bridgehead atoms. The molecule has 0 fully saturated rings. The molecule has 0 unspecified atom stereocenters. The summed E-state index contributed by atoms with van der Waals surface area (Å²) in [5.74, 6) is 1.83. The van der Waals surface area contributed by atoms with Crippen LogP contribution in [0.1, 0.15) is 11.1 Å². The molecule has 2 heterocycles. The highest BCUT2D eigenvalue weighted by molar-refractivity contribution is 7.20. The van der Waals surface area contributed by atoms with E-state index < -0.39 is 16.1 Å². The van der Waals surface area contributed by atoms with Crippen LogP contribution in [-0.2, 0) is 0 Å². The second-order valence-electron chi connectivity index (χ2n) is 18.5. The molecule has 0 N–H and O–H groups in total. The second kappa shape index (κ2) is 18.4. The number of fused-ring (bicyclic) bond motifs is 3. The zero-order valence-corrected chi connectivity index (χ0v) is 41.7. The molecule has 71 heavy (non-hydrogen) atoms. The van der Waals surface area contributed by atoms with Gasteiger partial charge in [-0.1, -0.05) is 254 Å². The van der Waals surface area contributed by atoms with Gasteiger partial charge in [-0.05, 0) is 79.6 Å². The summed E-state index contributed by atoms with van der Waals surface area (Å²) >= 11 is 0. The van der Waals surface area contributed by atoms with Crippen LogP contribution in [0, 0.1) is 13.8 Å². The lowest BCUT2D eigenvalue weighted by Gasteiger charge is -2.34. The highest BCUT2D eigenvalue weighted by Gasteiger charge is 2.43. The van der Waals surface area contributed by atoms with E-state index in [2.05, 4.69) is 285 Å². The van der Waals surface area contributed by atoms with Crippen molar-refractivity contribution in [2.45, 2.75) is 13.8 Å². The minimum absolute atomic E-state index is 0.573. The lowest BCUT2D eigenvalue weighted by molar-refractivity contribution is 0.953. The molecule has 4 nitrogen and oxygen atoms in total. The van der Waals surface area contributed by atoms with Crippen molar-refractivity contribution in [3.63, 3.8) is 0 Å².